The molecule has 24 heavy (non-hydrogen) atoms. The first-order chi connectivity index (χ1) is 11.6. The largest absolute Gasteiger partial charge is 0.464 e. The van der Waals surface area contributed by atoms with Crippen LogP contribution in [-0.2, 0) is 19.1 Å². The molecule has 7 heteroatoms. The highest BCUT2D eigenvalue weighted by atomic mass is 79.9. The normalized spacial score (nSPS) is 25.8. The summed E-state index contributed by atoms with van der Waals surface area (Å²) in [6.45, 7) is 0.447. The second-order valence-corrected chi connectivity index (χ2v) is 6.75. The van der Waals surface area contributed by atoms with Gasteiger partial charge in [0.15, 0.2) is 0 Å². The van der Waals surface area contributed by atoms with Gasteiger partial charge >= 0.3 is 11.8 Å². The Hall–Kier alpha value is -1.99. The Bertz CT molecular complexity index is 854. The van der Waals surface area contributed by atoms with Gasteiger partial charge in [0, 0.05) is 21.6 Å². The van der Waals surface area contributed by atoms with Crippen LogP contribution in [-0.4, -0.2) is 36.2 Å². The predicted molar refractivity (Wildman–Crippen MR) is 90.5 cm³/mol. The molecule has 0 amide bonds. The van der Waals surface area contributed by atoms with Gasteiger partial charge in [-0.25, -0.2) is 4.79 Å². The van der Waals surface area contributed by atoms with Crippen molar-refractivity contribution in [1.29, 1.82) is 0 Å². The summed E-state index contributed by atoms with van der Waals surface area (Å²) in [5, 5.41) is 5.16. The summed E-state index contributed by atoms with van der Waals surface area (Å²) in [6, 6.07) is 7.86. The monoisotopic (exact) mass is 390 g/mol. The Kier molecular flexibility index (Phi) is 3.77. The van der Waals surface area contributed by atoms with Gasteiger partial charge in [-0.1, -0.05) is 11.2 Å². The van der Waals surface area contributed by atoms with Gasteiger partial charge in [0.2, 0.25) is 0 Å². The van der Waals surface area contributed by atoms with Crippen molar-refractivity contribution < 1.29 is 19.1 Å². The molecule has 2 aliphatic rings. The molecule has 0 aliphatic carbocycles. The van der Waals surface area contributed by atoms with Gasteiger partial charge in [0.05, 0.1) is 30.9 Å². The van der Waals surface area contributed by atoms with E-state index >= 15 is 0 Å². The molecular formula is C17H15BrN2O4. The van der Waals surface area contributed by atoms with Crippen LogP contribution in [0.25, 0.3) is 10.9 Å². The zero-order valence-electron chi connectivity index (χ0n) is 13.0. The Morgan fingerprint density at radius 1 is 1.42 bits per heavy atom. The van der Waals surface area contributed by atoms with Crippen molar-refractivity contribution in [3.05, 3.63) is 40.5 Å². The van der Waals surface area contributed by atoms with Crippen molar-refractivity contribution in [2.75, 3.05) is 13.7 Å². The van der Waals surface area contributed by atoms with E-state index < -0.39 is 11.8 Å². The number of fused-ring (bicyclic) bond motifs is 2. The quantitative estimate of drug-likeness (QED) is 0.737. The highest BCUT2D eigenvalue weighted by Gasteiger charge is 2.59. The first kappa shape index (κ1) is 15.5. The Labute approximate surface area is 146 Å². The number of methoxy groups -OCH3 is 1. The molecule has 4 rings (SSSR count). The molecule has 2 unspecified atom stereocenters. The number of esters is 1. The molecule has 2 aromatic rings. The fourth-order valence-electron chi connectivity index (χ4n) is 3.29. The molecule has 0 bridgehead atoms. The molecule has 0 saturated carbocycles. The van der Waals surface area contributed by atoms with E-state index in [0.717, 1.165) is 33.8 Å². The topological polar surface area (TPSA) is 70.0 Å². The third-order valence-electron chi connectivity index (χ3n) is 4.44. The van der Waals surface area contributed by atoms with Crippen molar-refractivity contribution >= 4 is 38.5 Å². The van der Waals surface area contributed by atoms with Crippen LogP contribution in [0.15, 0.2) is 40.1 Å². The van der Waals surface area contributed by atoms with Crippen LogP contribution in [0.4, 0.5) is 0 Å². The average Bonchev–Trinajstić information content (AvgIpc) is 3.01. The molecule has 1 fully saturated rings. The van der Waals surface area contributed by atoms with Crippen LogP contribution in [0.5, 0.6) is 0 Å². The summed E-state index contributed by atoms with van der Waals surface area (Å²) < 4.78 is 11.5. The van der Waals surface area contributed by atoms with E-state index in [0.29, 0.717) is 12.3 Å². The van der Waals surface area contributed by atoms with Crippen molar-refractivity contribution in [2.45, 2.75) is 18.6 Å². The maximum absolute atomic E-state index is 12.2. The van der Waals surface area contributed by atoms with Crippen LogP contribution >= 0.6 is 15.9 Å². The zero-order valence-corrected chi connectivity index (χ0v) is 14.6. The fourth-order valence-corrected chi connectivity index (χ4v) is 3.64. The number of aromatic nitrogens is 1. The summed E-state index contributed by atoms with van der Waals surface area (Å²) in [4.78, 5) is 22.1. The van der Waals surface area contributed by atoms with Crippen molar-refractivity contribution in [2.24, 2.45) is 11.1 Å². The molecule has 3 heterocycles. The van der Waals surface area contributed by atoms with Crippen LogP contribution in [0.3, 0.4) is 0 Å². The first-order valence-corrected chi connectivity index (χ1v) is 8.47. The number of carbonyl (C=O) groups excluding carboxylic acids is 1. The Balaban J connectivity index is 1.75. The zero-order chi connectivity index (χ0) is 16.7. The molecule has 1 aromatic carbocycles. The lowest BCUT2D eigenvalue weighted by atomic mass is 9.84. The van der Waals surface area contributed by atoms with E-state index in [-0.39, 0.29) is 5.92 Å². The molecule has 0 N–H and O–H groups in total. The van der Waals surface area contributed by atoms with Crippen molar-refractivity contribution in [1.82, 2.24) is 4.98 Å². The van der Waals surface area contributed by atoms with E-state index in [4.69, 9.17) is 14.3 Å². The van der Waals surface area contributed by atoms with Gasteiger partial charge < -0.3 is 14.3 Å². The standard InChI is InChI=1S/C17H15BrN2O4/c1-22-16(21)17-13(3-2-6-23-17)15(20-24-17)10-4-5-14-11(7-10)8-12(18)9-19-14/h4-5,7-9,13H,2-3,6H2,1H3. The van der Waals surface area contributed by atoms with E-state index in [1.807, 2.05) is 24.3 Å². The molecule has 0 radical (unpaired) electrons. The number of oxime groups is 1. The molecule has 124 valence electrons. The highest BCUT2D eigenvalue weighted by molar-refractivity contribution is 9.10. The van der Waals surface area contributed by atoms with E-state index in [2.05, 4.69) is 26.1 Å². The maximum atomic E-state index is 12.2. The summed E-state index contributed by atoms with van der Waals surface area (Å²) in [7, 11) is 1.33. The number of nitrogens with zero attached hydrogens (tertiary/aromatic N) is 2. The lowest BCUT2D eigenvalue weighted by Gasteiger charge is -2.33. The number of ether oxygens (including phenoxy) is 2. The SMILES string of the molecule is COC(=O)C12OCCCC1C(c1ccc3ncc(Br)cc3c1)=NO2. The molecule has 1 saturated heterocycles. The molecule has 2 aliphatic heterocycles. The van der Waals surface area contributed by atoms with Gasteiger partial charge in [-0.3, -0.25) is 4.98 Å². The first-order valence-electron chi connectivity index (χ1n) is 7.68. The Morgan fingerprint density at radius 3 is 3.12 bits per heavy atom. The van der Waals surface area contributed by atoms with Crippen molar-refractivity contribution in [3.63, 3.8) is 0 Å². The lowest BCUT2D eigenvalue weighted by Crippen LogP contribution is -2.52. The molecular weight excluding hydrogens is 376 g/mol. The van der Waals surface area contributed by atoms with Gasteiger partial charge in [0.25, 0.3) is 0 Å². The molecule has 6 nitrogen and oxygen atoms in total. The van der Waals surface area contributed by atoms with Crippen LogP contribution in [0.2, 0.25) is 0 Å². The number of pyridine rings is 1. The second kappa shape index (κ2) is 5.82. The maximum Gasteiger partial charge on any atom is 0.382 e. The third kappa shape index (κ3) is 2.31. The van der Waals surface area contributed by atoms with Crippen LogP contribution in [0, 0.1) is 5.92 Å². The minimum atomic E-state index is -1.45. The second-order valence-electron chi connectivity index (χ2n) is 5.83. The molecule has 1 aromatic heterocycles. The van der Waals surface area contributed by atoms with Gasteiger partial charge in [-0.15, -0.1) is 0 Å². The summed E-state index contributed by atoms with van der Waals surface area (Å²) in [5.74, 6) is -2.28. The molecule has 0 spiro atoms. The summed E-state index contributed by atoms with van der Waals surface area (Å²) in [6.07, 6.45) is 3.35. The lowest BCUT2D eigenvalue weighted by molar-refractivity contribution is -0.261. The average molecular weight is 391 g/mol. The van der Waals surface area contributed by atoms with Crippen LogP contribution < -0.4 is 0 Å². The summed E-state index contributed by atoms with van der Waals surface area (Å²) >= 11 is 3.43. The predicted octanol–water partition coefficient (Wildman–Crippen LogP) is 3.03. The van der Waals surface area contributed by atoms with Gasteiger partial charge in [-0.2, -0.15) is 0 Å². The molecule has 2 atom stereocenters. The minimum Gasteiger partial charge on any atom is -0.464 e. The number of carbonyl (C=O) groups is 1. The highest BCUT2D eigenvalue weighted by Crippen LogP contribution is 2.41. The van der Waals surface area contributed by atoms with E-state index in [1.165, 1.54) is 7.11 Å². The van der Waals surface area contributed by atoms with Crippen LogP contribution in [0.1, 0.15) is 18.4 Å². The Morgan fingerprint density at radius 2 is 2.29 bits per heavy atom. The number of hydrogen-bond donors (Lipinski definition) is 0. The third-order valence-corrected chi connectivity index (χ3v) is 4.87. The van der Waals surface area contributed by atoms with E-state index in [1.54, 1.807) is 6.20 Å². The van der Waals surface area contributed by atoms with Gasteiger partial charge in [-0.05, 0) is 47.0 Å². The number of rotatable bonds is 2. The smallest absolute Gasteiger partial charge is 0.382 e. The summed E-state index contributed by atoms with van der Waals surface area (Å²) in [5.41, 5.74) is 2.49. The number of benzene rings is 1. The van der Waals surface area contributed by atoms with E-state index in [9.17, 15) is 4.79 Å². The van der Waals surface area contributed by atoms with Gasteiger partial charge in [0.1, 0.15) is 0 Å². The number of halogens is 1. The number of hydrogen-bond acceptors (Lipinski definition) is 6. The minimum absolute atomic E-state index is 0.281. The fraction of sp³-hybridized carbons (Fsp3) is 0.353. The van der Waals surface area contributed by atoms with Crippen molar-refractivity contribution in [3.8, 4) is 0 Å².